The summed E-state index contributed by atoms with van der Waals surface area (Å²) in [6.07, 6.45) is 2.00. The Hall–Kier alpha value is -1.06. The third kappa shape index (κ3) is 3.97. The molecule has 1 nitrogen and oxygen atoms in total. The number of rotatable bonds is 5. The highest BCUT2D eigenvalue weighted by Crippen LogP contribution is 2.30. The van der Waals surface area contributed by atoms with Gasteiger partial charge in [0.15, 0.2) is 0 Å². The van der Waals surface area contributed by atoms with E-state index < -0.39 is 0 Å². The number of nitrogens with one attached hydrogen (secondary N) is 1. The quantitative estimate of drug-likeness (QED) is 0.673. The number of halogens is 3. The molecule has 4 heteroatoms. The first-order chi connectivity index (χ1) is 9.60. The topological polar surface area (TPSA) is 12.0 Å². The maximum absolute atomic E-state index is 13.4. The Morgan fingerprint density at radius 3 is 2.55 bits per heavy atom. The zero-order valence-electron chi connectivity index (χ0n) is 11.2. The third-order valence-corrected chi connectivity index (χ3v) is 4.05. The van der Waals surface area contributed by atoms with Crippen LogP contribution in [0.15, 0.2) is 46.9 Å². The van der Waals surface area contributed by atoms with Crippen molar-refractivity contribution in [2.75, 3.05) is 5.32 Å². The Morgan fingerprint density at radius 2 is 1.90 bits per heavy atom. The second-order valence-electron chi connectivity index (χ2n) is 4.66. The molecule has 0 fully saturated rings. The predicted molar refractivity (Wildman–Crippen MR) is 86.8 cm³/mol. The highest BCUT2D eigenvalue weighted by atomic mass is 79.9. The van der Waals surface area contributed by atoms with Gasteiger partial charge in [-0.3, -0.25) is 0 Å². The van der Waals surface area contributed by atoms with Crippen LogP contribution >= 0.6 is 27.5 Å². The highest BCUT2D eigenvalue weighted by molar-refractivity contribution is 9.10. The van der Waals surface area contributed by atoms with Gasteiger partial charge < -0.3 is 5.32 Å². The van der Waals surface area contributed by atoms with Gasteiger partial charge in [0.05, 0.1) is 11.7 Å². The van der Waals surface area contributed by atoms with Crippen LogP contribution in [0.4, 0.5) is 10.1 Å². The lowest BCUT2D eigenvalue weighted by molar-refractivity contribution is 0.626. The molecule has 0 aliphatic carbocycles. The molecule has 0 heterocycles. The first-order valence-corrected chi connectivity index (χ1v) is 7.74. The summed E-state index contributed by atoms with van der Waals surface area (Å²) in [5.41, 5.74) is 1.91. The number of benzene rings is 2. The van der Waals surface area contributed by atoms with Crippen molar-refractivity contribution in [2.24, 2.45) is 0 Å². The number of hydrogen-bond acceptors (Lipinski definition) is 1. The molecule has 2 rings (SSSR count). The van der Waals surface area contributed by atoms with Crippen LogP contribution in [0, 0.1) is 5.82 Å². The van der Waals surface area contributed by atoms with Crippen LogP contribution in [0.3, 0.4) is 0 Å². The van der Waals surface area contributed by atoms with Gasteiger partial charge in [-0.25, -0.2) is 4.39 Å². The molecule has 0 radical (unpaired) electrons. The molecule has 0 aromatic heterocycles. The second-order valence-corrected chi connectivity index (χ2v) is 5.95. The van der Waals surface area contributed by atoms with Crippen molar-refractivity contribution in [1.29, 1.82) is 0 Å². The van der Waals surface area contributed by atoms with Crippen molar-refractivity contribution >= 4 is 33.2 Å². The third-order valence-electron chi connectivity index (χ3n) is 3.11. The van der Waals surface area contributed by atoms with E-state index in [1.807, 2.05) is 24.3 Å². The van der Waals surface area contributed by atoms with Crippen molar-refractivity contribution < 1.29 is 4.39 Å². The first kappa shape index (κ1) is 15.3. The van der Waals surface area contributed by atoms with Gasteiger partial charge in [-0.1, -0.05) is 37.1 Å². The molecule has 0 aliphatic heterocycles. The lowest BCUT2D eigenvalue weighted by Crippen LogP contribution is -2.11. The van der Waals surface area contributed by atoms with E-state index in [0.29, 0.717) is 0 Å². The molecular formula is C16H16BrClFN. The summed E-state index contributed by atoms with van der Waals surface area (Å²) in [6, 6.07) is 12.5. The fraction of sp³-hybridized carbons (Fsp3) is 0.250. The van der Waals surface area contributed by atoms with Crippen LogP contribution in [-0.2, 0) is 0 Å². The van der Waals surface area contributed by atoms with Crippen molar-refractivity contribution in [3.05, 3.63) is 63.3 Å². The molecule has 0 aliphatic rings. The molecule has 0 saturated heterocycles. The predicted octanol–water partition coefficient (Wildman–Crippen LogP) is 6.19. The normalized spacial score (nSPS) is 12.2. The van der Waals surface area contributed by atoms with E-state index in [-0.39, 0.29) is 11.9 Å². The summed E-state index contributed by atoms with van der Waals surface area (Å²) in [5.74, 6) is -0.248. The van der Waals surface area contributed by atoms with Gasteiger partial charge in [0, 0.05) is 9.50 Å². The Morgan fingerprint density at radius 1 is 1.20 bits per heavy atom. The van der Waals surface area contributed by atoms with Crippen molar-refractivity contribution in [3.63, 3.8) is 0 Å². The minimum absolute atomic E-state index is 0.135. The second kappa shape index (κ2) is 7.09. The molecule has 2 aromatic carbocycles. The molecule has 0 spiro atoms. The van der Waals surface area contributed by atoms with Gasteiger partial charge >= 0.3 is 0 Å². The van der Waals surface area contributed by atoms with E-state index >= 15 is 0 Å². The van der Waals surface area contributed by atoms with Gasteiger partial charge in [0.25, 0.3) is 0 Å². The minimum atomic E-state index is -0.248. The average Bonchev–Trinajstić information content (AvgIpc) is 2.43. The molecule has 1 N–H and O–H groups in total. The van der Waals surface area contributed by atoms with Crippen molar-refractivity contribution in [2.45, 2.75) is 25.8 Å². The van der Waals surface area contributed by atoms with Gasteiger partial charge in [-0.15, -0.1) is 0 Å². The van der Waals surface area contributed by atoms with Crippen LogP contribution < -0.4 is 5.32 Å². The molecule has 0 amide bonds. The molecular weight excluding hydrogens is 341 g/mol. The highest BCUT2D eigenvalue weighted by Gasteiger charge is 2.12. The Balaban J connectivity index is 2.25. The number of hydrogen-bond donors (Lipinski definition) is 1. The summed E-state index contributed by atoms with van der Waals surface area (Å²) in [4.78, 5) is 0. The van der Waals surface area contributed by atoms with E-state index in [0.717, 1.165) is 33.6 Å². The smallest absolute Gasteiger partial charge is 0.125 e. The van der Waals surface area contributed by atoms with Gasteiger partial charge in [0.2, 0.25) is 0 Å². The largest absolute Gasteiger partial charge is 0.377 e. The van der Waals surface area contributed by atoms with Crippen LogP contribution in [0.25, 0.3) is 0 Å². The Kier molecular flexibility index (Phi) is 5.44. The van der Waals surface area contributed by atoms with Crippen LogP contribution in [0.5, 0.6) is 0 Å². The van der Waals surface area contributed by atoms with E-state index in [1.54, 1.807) is 6.07 Å². The maximum atomic E-state index is 13.4. The summed E-state index contributed by atoms with van der Waals surface area (Å²) in [5, 5.41) is 4.11. The van der Waals surface area contributed by atoms with Crippen molar-refractivity contribution in [3.8, 4) is 0 Å². The molecule has 0 saturated carbocycles. The number of anilines is 1. The van der Waals surface area contributed by atoms with Crippen LogP contribution in [-0.4, -0.2) is 0 Å². The zero-order chi connectivity index (χ0) is 14.5. The average molecular weight is 357 g/mol. The van der Waals surface area contributed by atoms with Crippen molar-refractivity contribution in [1.82, 2.24) is 0 Å². The minimum Gasteiger partial charge on any atom is -0.377 e. The fourth-order valence-electron chi connectivity index (χ4n) is 2.10. The molecule has 1 atom stereocenters. The molecule has 106 valence electrons. The standard InChI is InChI=1S/C16H16BrClFN/c1-2-3-15(11-4-6-12(18)7-5-11)20-16-10-13(19)8-9-14(16)17/h4-10,15,20H,2-3H2,1H3. The summed E-state index contributed by atoms with van der Waals surface area (Å²) in [7, 11) is 0. The first-order valence-electron chi connectivity index (χ1n) is 6.57. The summed E-state index contributed by atoms with van der Waals surface area (Å²) in [6.45, 7) is 2.13. The van der Waals surface area contributed by atoms with Gasteiger partial charge in [0.1, 0.15) is 5.82 Å². The molecule has 1 unspecified atom stereocenters. The van der Waals surface area contributed by atoms with Crippen LogP contribution in [0.2, 0.25) is 5.02 Å². The SMILES string of the molecule is CCCC(Nc1cc(F)ccc1Br)c1ccc(Cl)cc1. The van der Waals surface area contributed by atoms with Gasteiger partial charge in [-0.05, 0) is 58.2 Å². The Labute approximate surface area is 132 Å². The lowest BCUT2D eigenvalue weighted by atomic mass is 10.0. The van der Waals surface area contributed by atoms with E-state index in [9.17, 15) is 4.39 Å². The zero-order valence-corrected chi connectivity index (χ0v) is 13.5. The van der Waals surface area contributed by atoms with E-state index in [2.05, 4.69) is 28.2 Å². The van der Waals surface area contributed by atoms with E-state index in [1.165, 1.54) is 12.1 Å². The van der Waals surface area contributed by atoms with Crippen LogP contribution in [0.1, 0.15) is 31.4 Å². The molecule has 20 heavy (non-hydrogen) atoms. The van der Waals surface area contributed by atoms with E-state index in [4.69, 9.17) is 11.6 Å². The maximum Gasteiger partial charge on any atom is 0.125 e. The Bertz CT molecular complexity index is 571. The monoisotopic (exact) mass is 355 g/mol. The molecule has 2 aromatic rings. The van der Waals surface area contributed by atoms with Gasteiger partial charge in [-0.2, -0.15) is 0 Å². The lowest BCUT2D eigenvalue weighted by Gasteiger charge is -2.21. The molecule has 0 bridgehead atoms. The summed E-state index contributed by atoms with van der Waals surface area (Å²) < 4.78 is 14.2. The fourth-order valence-corrected chi connectivity index (χ4v) is 2.59. The summed E-state index contributed by atoms with van der Waals surface area (Å²) >= 11 is 9.37.